The number of rotatable bonds is 3. The van der Waals surface area contributed by atoms with Crippen LogP contribution in [0.3, 0.4) is 0 Å². The maximum Gasteiger partial charge on any atom is 0.0948 e. The zero-order chi connectivity index (χ0) is 10.7. The third-order valence-corrected chi connectivity index (χ3v) is 3.40. The number of imidazole rings is 1. The van der Waals surface area contributed by atoms with E-state index in [1.807, 2.05) is 12.5 Å². The molecule has 84 valence electrons. The molecule has 1 atom stereocenters. The molecule has 3 heteroatoms. The van der Waals surface area contributed by atoms with Crippen LogP contribution in [-0.2, 0) is 13.0 Å². The summed E-state index contributed by atoms with van der Waals surface area (Å²) in [6.45, 7) is 7.98. The van der Waals surface area contributed by atoms with Crippen LogP contribution in [0.2, 0.25) is 0 Å². The Morgan fingerprint density at radius 3 is 3.13 bits per heavy atom. The monoisotopic (exact) mass is 207 g/mol. The molecule has 0 aliphatic carbocycles. The molecule has 0 spiro atoms. The van der Waals surface area contributed by atoms with Crippen molar-refractivity contribution in [2.75, 3.05) is 13.1 Å². The minimum absolute atomic E-state index is 0.406. The van der Waals surface area contributed by atoms with Gasteiger partial charge in [0.05, 0.1) is 6.33 Å². The molecule has 1 aliphatic heterocycles. The van der Waals surface area contributed by atoms with Gasteiger partial charge in [-0.25, -0.2) is 4.98 Å². The van der Waals surface area contributed by atoms with Crippen molar-refractivity contribution in [2.45, 2.75) is 39.7 Å². The van der Waals surface area contributed by atoms with E-state index in [0.29, 0.717) is 5.41 Å². The topological polar surface area (TPSA) is 29.9 Å². The fraction of sp³-hybridized carbons (Fsp3) is 0.750. The molecular formula is C12H21N3. The molecule has 1 N–H and O–H groups in total. The van der Waals surface area contributed by atoms with E-state index in [-0.39, 0.29) is 0 Å². The average Bonchev–Trinajstić information content (AvgIpc) is 2.65. The number of piperidine rings is 1. The fourth-order valence-electron chi connectivity index (χ4n) is 2.45. The van der Waals surface area contributed by atoms with Crippen LogP contribution >= 0.6 is 0 Å². The summed E-state index contributed by atoms with van der Waals surface area (Å²) in [6.07, 6.45) is 7.65. The quantitative estimate of drug-likeness (QED) is 0.819. The van der Waals surface area contributed by atoms with Crippen molar-refractivity contribution in [2.24, 2.45) is 5.41 Å². The van der Waals surface area contributed by atoms with Gasteiger partial charge >= 0.3 is 0 Å². The predicted molar refractivity (Wildman–Crippen MR) is 61.8 cm³/mol. The lowest BCUT2D eigenvalue weighted by atomic mass is 9.82. The van der Waals surface area contributed by atoms with Gasteiger partial charge in [0.1, 0.15) is 0 Å². The lowest BCUT2D eigenvalue weighted by molar-refractivity contribution is 0.200. The molecule has 3 nitrogen and oxygen atoms in total. The molecule has 0 aromatic carbocycles. The fourth-order valence-corrected chi connectivity index (χ4v) is 2.45. The van der Waals surface area contributed by atoms with Crippen LogP contribution in [0.15, 0.2) is 12.5 Å². The first-order valence-corrected chi connectivity index (χ1v) is 5.93. The Morgan fingerprint density at radius 2 is 2.47 bits per heavy atom. The van der Waals surface area contributed by atoms with E-state index in [2.05, 4.69) is 28.7 Å². The third-order valence-electron chi connectivity index (χ3n) is 3.40. The summed E-state index contributed by atoms with van der Waals surface area (Å²) >= 11 is 0. The summed E-state index contributed by atoms with van der Waals surface area (Å²) in [5, 5.41) is 3.49. The van der Waals surface area contributed by atoms with Crippen LogP contribution in [0.5, 0.6) is 0 Å². The van der Waals surface area contributed by atoms with E-state index in [9.17, 15) is 0 Å². The van der Waals surface area contributed by atoms with Crippen molar-refractivity contribution in [1.82, 2.24) is 14.9 Å². The first kappa shape index (κ1) is 10.7. The van der Waals surface area contributed by atoms with Gasteiger partial charge in [-0.1, -0.05) is 13.8 Å². The van der Waals surface area contributed by atoms with E-state index in [1.54, 1.807) is 0 Å². The second-order valence-electron chi connectivity index (χ2n) is 4.96. The van der Waals surface area contributed by atoms with Crippen LogP contribution in [0.25, 0.3) is 0 Å². The van der Waals surface area contributed by atoms with Crippen molar-refractivity contribution in [3.63, 3.8) is 0 Å². The summed E-state index contributed by atoms with van der Waals surface area (Å²) in [7, 11) is 0. The summed E-state index contributed by atoms with van der Waals surface area (Å²) in [4.78, 5) is 4.23. The van der Waals surface area contributed by atoms with Crippen LogP contribution in [-0.4, -0.2) is 22.6 Å². The smallest absolute Gasteiger partial charge is 0.0948 e. The Bertz CT molecular complexity index is 310. The number of hydrogen-bond acceptors (Lipinski definition) is 2. The molecule has 0 radical (unpaired) electrons. The molecule has 0 amide bonds. The van der Waals surface area contributed by atoms with Gasteiger partial charge in [0.2, 0.25) is 0 Å². The summed E-state index contributed by atoms with van der Waals surface area (Å²) < 4.78 is 2.31. The zero-order valence-electron chi connectivity index (χ0n) is 9.79. The molecule has 0 bridgehead atoms. The third kappa shape index (κ3) is 2.40. The summed E-state index contributed by atoms with van der Waals surface area (Å²) in [5.41, 5.74) is 1.75. The van der Waals surface area contributed by atoms with Gasteiger partial charge in [0.25, 0.3) is 0 Å². The van der Waals surface area contributed by atoms with E-state index in [4.69, 9.17) is 0 Å². The SMILES string of the molecule is CCc1cncn1CC1(C)CCCNC1. The molecule has 1 aliphatic rings. The highest BCUT2D eigenvalue weighted by Gasteiger charge is 2.27. The molecule has 1 fully saturated rings. The molecule has 1 unspecified atom stereocenters. The van der Waals surface area contributed by atoms with Gasteiger partial charge in [-0.2, -0.15) is 0 Å². The van der Waals surface area contributed by atoms with Gasteiger partial charge in [-0.3, -0.25) is 0 Å². The van der Waals surface area contributed by atoms with Gasteiger partial charge in [0.15, 0.2) is 0 Å². The van der Waals surface area contributed by atoms with Crippen molar-refractivity contribution in [3.05, 3.63) is 18.2 Å². The predicted octanol–water partition coefficient (Wildman–Crippen LogP) is 1.84. The van der Waals surface area contributed by atoms with Gasteiger partial charge in [-0.15, -0.1) is 0 Å². The first-order chi connectivity index (χ1) is 7.23. The van der Waals surface area contributed by atoms with Crippen LogP contribution in [0, 0.1) is 5.41 Å². The zero-order valence-corrected chi connectivity index (χ0v) is 9.79. The van der Waals surface area contributed by atoms with E-state index >= 15 is 0 Å². The van der Waals surface area contributed by atoms with Crippen LogP contribution < -0.4 is 5.32 Å². The van der Waals surface area contributed by atoms with Crippen molar-refractivity contribution < 1.29 is 0 Å². The Morgan fingerprint density at radius 1 is 1.60 bits per heavy atom. The lowest BCUT2D eigenvalue weighted by Crippen LogP contribution is -2.40. The van der Waals surface area contributed by atoms with E-state index in [0.717, 1.165) is 19.5 Å². The maximum absolute atomic E-state index is 4.23. The minimum Gasteiger partial charge on any atom is -0.334 e. The van der Waals surface area contributed by atoms with Gasteiger partial charge < -0.3 is 9.88 Å². The highest BCUT2D eigenvalue weighted by atomic mass is 15.1. The Kier molecular flexibility index (Phi) is 3.10. The molecule has 2 heterocycles. The highest BCUT2D eigenvalue weighted by molar-refractivity contribution is 4.99. The number of aromatic nitrogens is 2. The van der Waals surface area contributed by atoms with E-state index in [1.165, 1.54) is 25.1 Å². The van der Waals surface area contributed by atoms with Gasteiger partial charge in [0, 0.05) is 25.0 Å². The van der Waals surface area contributed by atoms with E-state index < -0.39 is 0 Å². The number of nitrogens with one attached hydrogen (secondary N) is 1. The summed E-state index contributed by atoms with van der Waals surface area (Å²) in [6, 6.07) is 0. The minimum atomic E-state index is 0.406. The number of hydrogen-bond donors (Lipinski definition) is 1. The van der Waals surface area contributed by atoms with Crippen molar-refractivity contribution in [3.8, 4) is 0 Å². The molecule has 0 saturated carbocycles. The second-order valence-corrected chi connectivity index (χ2v) is 4.96. The molecule has 2 rings (SSSR count). The molecule has 1 aromatic heterocycles. The molecular weight excluding hydrogens is 186 g/mol. The average molecular weight is 207 g/mol. The molecule has 1 saturated heterocycles. The van der Waals surface area contributed by atoms with Crippen molar-refractivity contribution in [1.29, 1.82) is 0 Å². The van der Waals surface area contributed by atoms with Gasteiger partial charge in [-0.05, 0) is 31.2 Å². The largest absolute Gasteiger partial charge is 0.334 e. The number of nitrogens with zero attached hydrogens (tertiary/aromatic N) is 2. The highest BCUT2D eigenvalue weighted by Crippen LogP contribution is 2.27. The maximum atomic E-state index is 4.23. The summed E-state index contributed by atoms with van der Waals surface area (Å²) in [5.74, 6) is 0. The Labute approximate surface area is 91.9 Å². The molecule has 1 aromatic rings. The first-order valence-electron chi connectivity index (χ1n) is 5.93. The normalized spacial score (nSPS) is 26.8. The Balaban J connectivity index is 2.06. The Hall–Kier alpha value is -0.830. The van der Waals surface area contributed by atoms with Crippen molar-refractivity contribution >= 4 is 0 Å². The van der Waals surface area contributed by atoms with Crippen LogP contribution in [0.4, 0.5) is 0 Å². The lowest BCUT2D eigenvalue weighted by Gasteiger charge is -2.34. The standard InChI is InChI=1S/C12H21N3/c1-3-11-7-14-10-15(11)9-12(2)5-4-6-13-8-12/h7,10,13H,3-6,8-9H2,1-2H3. The second kappa shape index (κ2) is 4.35. The van der Waals surface area contributed by atoms with Crippen LogP contribution in [0.1, 0.15) is 32.4 Å². The molecule has 15 heavy (non-hydrogen) atoms. The number of aryl methyl sites for hydroxylation is 1.